The zero-order valence-corrected chi connectivity index (χ0v) is 11.1. The van der Waals surface area contributed by atoms with Crippen LogP contribution in [-0.4, -0.2) is 37.4 Å². The molecule has 3 N–H and O–H groups in total. The van der Waals surface area contributed by atoms with E-state index in [4.69, 9.17) is 5.73 Å². The summed E-state index contributed by atoms with van der Waals surface area (Å²) in [5, 5.41) is 2.50. The smallest absolute Gasteiger partial charge is 0.370 e. The molecule has 0 spiro atoms. The van der Waals surface area contributed by atoms with Gasteiger partial charge in [-0.1, -0.05) is 0 Å². The normalized spacial score (nSPS) is 13.6. The third-order valence-electron chi connectivity index (χ3n) is 2.98. The highest BCUT2D eigenvalue weighted by atomic mass is 19.4. The Morgan fingerprint density at radius 3 is 2.11 bits per heavy atom. The summed E-state index contributed by atoms with van der Waals surface area (Å²) in [4.78, 5) is 11.8. The molecule has 0 saturated heterocycles. The first kappa shape index (κ1) is 17.2. The van der Waals surface area contributed by atoms with E-state index in [1.807, 2.05) is 0 Å². The minimum absolute atomic E-state index is 0.0222. The highest BCUT2D eigenvalue weighted by molar-refractivity contribution is 5.83. The molecule has 7 heteroatoms. The van der Waals surface area contributed by atoms with Gasteiger partial charge in [-0.2, -0.15) is 13.2 Å². The molecule has 0 bridgehead atoms. The van der Waals surface area contributed by atoms with Crippen molar-refractivity contribution in [1.29, 1.82) is 0 Å². The van der Waals surface area contributed by atoms with Crippen LogP contribution in [0.1, 0.15) is 27.7 Å². The van der Waals surface area contributed by atoms with Crippen molar-refractivity contribution in [1.82, 2.24) is 5.32 Å². The van der Waals surface area contributed by atoms with Crippen molar-refractivity contribution in [3.63, 3.8) is 0 Å². The third-order valence-corrected chi connectivity index (χ3v) is 2.98. The largest absolute Gasteiger partial charge is 0.411 e. The van der Waals surface area contributed by atoms with Crippen LogP contribution in [0.4, 0.5) is 13.2 Å². The predicted octanol–water partition coefficient (Wildman–Crippen LogP) is 1.45. The molecule has 1 amide bonds. The molecule has 0 aromatic carbocycles. The maximum atomic E-state index is 11.8. The van der Waals surface area contributed by atoms with Gasteiger partial charge in [0.15, 0.2) is 0 Å². The highest BCUT2D eigenvalue weighted by Crippen LogP contribution is 2.28. The lowest BCUT2D eigenvalue weighted by molar-refractivity contribution is -0.173. The van der Waals surface area contributed by atoms with Crippen molar-refractivity contribution >= 4 is 5.91 Å². The Balaban J connectivity index is 3.99. The summed E-state index contributed by atoms with van der Waals surface area (Å²) in [5.41, 5.74) is 4.31. The van der Waals surface area contributed by atoms with E-state index in [-0.39, 0.29) is 19.1 Å². The highest BCUT2D eigenvalue weighted by Gasteiger charge is 2.40. The van der Waals surface area contributed by atoms with Gasteiger partial charge in [0, 0.05) is 12.1 Å². The van der Waals surface area contributed by atoms with Crippen molar-refractivity contribution in [3.8, 4) is 0 Å². The zero-order valence-electron chi connectivity index (χ0n) is 11.1. The number of halogens is 3. The van der Waals surface area contributed by atoms with Gasteiger partial charge < -0.3 is 15.8 Å². The quantitative estimate of drug-likeness (QED) is 0.718. The van der Waals surface area contributed by atoms with Crippen molar-refractivity contribution in [2.45, 2.75) is 39.4 Å². The number of ether oxygens (including phenoxy) is 1. The van der Waals surface area contributed by atoms with Gasteiger partial charge >= 0.3 is 6.18 Å². The number of nitrogens with two attached hydrogens (primary N) is 1. The van der Waals surface area contributed by atoms with Crippen LogP contribution < -0.4 is 11.1 Å². The standard InChI is InChI=1S/C11H21F3N2O2/c1-9(2,10(3,4)15)8(17)16-5-6-18-7-11(12,13)14/h5-7,15H2,1-4H3,(H,16,17). The van der Waals surface area contributed by atoms with Crippen molar-refractivity contribution < 1.29 is 22.7 Å². The maximum Gasteiger partial charge on any atom is 0.411 e. The summed E-state index contributed by atoms with van der Waals surface area (Å²) in [7, 11) is 0. The first-order valence-corrected chi connectivity index (χ1v) is 5.59. The Hall–Kier alpha value is -0.820. The summed E-state index contributed by atoms with van der Waals surface area (Å²) in [5.74, 6) is -0.314. The summed E-state index contributed by atoms with van der Waals surface area (Å²) < 4.78 is 39.7. The molecule has 0 aliphatic carbocycles. The molecule has 0 saturated carbocycles. The van der Waals surface area contributed by atoms with Crippen molar-refractivity contribution in [2.24, 2.45) is 11.1 Å². The fourth-order valence-electron chi connectivity index (χ4n) is 0.938. The van der Waals surface area contributed by atoms with E-state index in [0.29, 0.717) is 0 Å². The van der Waals surface area contributed by atoms with Crippen LogP contribution in [0, 0.1) is 5.41 Å². The SMILES string of the molecule is CC(C)(N)C(C)(C)C(=O)NCCOCC(F)(F)F. The number of carbonyl (C=O) groups excluding carboxylic acids is 1. The zero-order chi connectivity index (χ0) is 14.6. The van der Waals surface area contributed by atoms with Crippen LogP contribution in [0.15, 0.2) is 0 Å². The fraction of sp³-hybridized carbons (Fsp3) is 0.909. The molecule has 0 aromatic heterocycles. The maximum absolute atomic E-state index is 11.8. The van der Waals surface area contributed by atoms with Gasteiger partial charge in [0.1, 0.15) is 6.61 Å². The average Bonchev–Trinajstić information content (AvgIpc) is 2.13. The monoisotopic (exact) mass is 270 g/mol. The number of hydrogen-bond donors (Lipinski definition) is 2. The van der Waals surface area contributed by atoms with E-state index in [1.54, 1.807) is 27.7 Å². The van der Waals surface area contributed by atoms with E-state index in [2.05, 4.69) is 10.1 Å². The minimum atomic E-state index is -4.34. The first-order valence-electron chi connectivity index (χ1n) is 5.59. The van der Waals surface area contributed by atoms with Gasteiger partial charge in [-0.15, -0.1) is 0 Å². The van der Waals surface area contributed by atoms with E-state index in [1.165, 1.54) is 0 Å². The second-order valence-corrected chi connectivity index (χ2v) is 5.27. The molecule has 0 unspecified atom stereocenters. The molecule has 0 rings (SSSR count). The Morgan fingerprint density at radius 1 is 1.22 bits per heavy atom. The molecule has 0 heterocycles. The van der Waals surface area contributed by atoms with E-state index in [0.717, 1.165) is 0 Å². The lowest BCUT2D eigenvalue weighted by Gasteiger charge is -2.36. The molecule has 0 radical (unpaired) electrons. The number of nitrogens with one attached hydrogen (secondary N) is 1. The van der Waals surface area contributed by atoms with Crippen LogP contribution in [0.3, 0.4) is 0 Å². The summed E-state index contributed by atoms with van der Waals surface area (Å²) in [6.07, 6.45) is -4.34. The molecule has 0 atom stereocenters. The topological polar surface area (TPSA) is 64.4 Å². The molecule has 0 aromatic rings. The number of amides is 1. The first-order chi connectivity index (χ1) is 7.88. The Labute approximate surface area is 105 Å². The molecule has 0 aliphatic heterocycles. The fourth-order valence-corrected chi connectivity index (χ4v) is 0.938. The van der Waals surface area contributed by atoms with Gasteiger partial charge in [0.05, 0.1) is 12.0 Å². The van der Waals surface area contributed by atoms with Crippen LogP contribution in [-0.2, 0) is 9.53 Å². The van der Waals surface area contributed by atoms with Crippen LogP contribution >= 0.6 is 0 Å². The van der Waals surface area contributed by atoms with E-state index >= 15 is 0 Å². The Kier molecular flexibility index (Phi) is 5.61. The number of carbonyl (C=O) groups is 1. The Morgan fingerprint density at radius 2 is 1.72 bits per heavy atom. The molecular formula is C11H21F3N2O2. The molecular weight excluding hydrogens is 249 g/mol. The number of rotatable bonds is 6. The third kappa shape index (κ3) is 5.68. The second-order valence-electron chi connectivity index (χ2n) is 5.27. The molecule has 0 fully saturated rings. The lowest BCUT2D eigenvalue weighted by Crippen LogP contribution is -2.55. The Bertz CT molecular complexity index is 283. The van der Waals surface area contributed by atoms with Gasteiger partial charge in [-0.05, 0) is 27.7 Å². The number of hydrogen-bond acceptors (Lipinski definition) is 3. The second kappa shape index (κ2) is 5.88. The van der Waals surface area contributed by atoms with E-state index < -0.39 is 23.7 Å². The van der Waals surface area contributed by atoms with Gasteiger partial charge in [0.2, 0.25) is 5.91 Å². The molecule has 18 heavy (non-hydrogen) atoms. The molecule has 4 nitrogen and oxygen atoms in total. The van der Waals surface area contributed by atoms with Gasteiger partial charge in [-0.25, -0.2) is 0 Å². The van der Waals surface area contributed by atoms with Crippen LogP contribution in [0.25, 0.3) is 0 Å². The van der Waals surface area contributed by atoms with Gasteiger partial charge in [-0.3, -0.25) is 4.79 Å². The number of alkyl halides is 3. The van der Waals surface area contributed by atoms with Crippen LogP contribution in [0.2, 0.25) is 0 Å². The van der Waals surface area contributed by atoms with Crippen molar-refractivity contribution in [2.75, 3.05) is 19.8 Å². The van der Waals surface area contributed by atoms with Gasteiger partial charge in [0.25, 0.3) is 0 Å². The van der Waals surface area contributed by atoms with E-state index in [9.17, 15) is 18.0 Å². The average molecular weight is 270 g/mol. The molecule has 0 aliphatic rings. The predicted molar refractivity (Wildman–Crippen MR) is 61.9 cm³/mol. The summed E-state index contributed by atoms with van der Waals surface area (Å²) in [6.45, 7) is 5.31. The lowest BCUT2D eigenvalue weighted by atomic mass is 9.74. The summed E-state index contributed by atoms with van der Waals surface area (Å²) in [6, 6.07) is 0. The summed E-state index contributed by atoms with van der Waals surface area (Å²) >= 11 is 0. The minimum Gasteiger partial charge on any atom is -0.370 e. The van der Waals surface area contributed by atoms with Crippen LogP contribution in [0.5, 0.6) is 0 Å². The van der Waals surface area contributed by atoms with Crippen molar-refractivity contribution in [3.05, 3.63) is 0 Å². The molecule has 108 valence electrons.